The fourth-order valence-electron chi connectivity index (χ4n) is 1.21. The molecule has 0 aromatic heterocycles. The molecule has 0 fully saturated rings. The first-order valence-electron chi connectivity index (χ1n) is 5.72. The van der Waals surface area contributed by atoms with E-state index in [4.69, 9.17) is 10.5 Å². The average molecular weight is 270 g/mol. The molecule has 0 spiro atoms. The van der Waals surface area contributed by atoms with E-state index in [1.54, 1.807) is 24.3 Å². The van der Waals surface area contributed by atoms with Gasteiger partial charge in [-0.1, -0.05) is 6.92 Å². The van der Waals surface area contributed by atoms with Crippen LogP contribution in [0.3, 0.4) is 0 Å². The molecule has 0 radical (unpaired) electrons. The van der Waals surface area contributed by atoms with Crippen LogP contribution in [0.4, 0.5) is 5.69 Å². The minimum absolute atomic E-state index is 0.0529. The third kappa shape index (κ3) is 5.67. The van der Waals surface area contributed by atoms with Gasteiger partial charge in [0, 0.05) is 34.5 Å². The highest BCUT2D eigenvalue weighted by atomic mass is 32.2. The van der Waals surface area contributed by atoms with Crippen molar-refractivity contribution < 1.29 is 13.7 Å². The Morgan fingerprint density at radius 2 is 2.06 bits per heavy atom. The molecule has 6 heteroatoms. The van der Waals surface area contributed by atoms with Crippen molar-refractivity contribution in [1.29, 1.82) is 0 Å². The molecule has 1 aromatic rings. The van der Waals surface area contributed by atoms with E-state index < -0.39 is 10.8 Å². The zero-order chi connectivity index (χ0) is 13.4. The number of hydrogen-bond donors (Lipinski definition) is 2. The second kappa shape index (κ2) is 7.71. The Labute approximate surface area is 109 Å². The number of carbonyl (C=O) groups excluding carboxylic acids is 1. The van der Waals surface area contributed by atoms with E-state index in [1.165, 1.54) is 0 Å². The van der Waals surface area contributed by atoms with Gasteiger partial charge >= 0.3 is 0 Å². The number of anilines is 1. The Morgan fingerprint density at radius 3 is 2.67 bits per heavy atom. The maximum atomic E-state index is 11.4. The first-order chi connectivity index (χ1) is 8.61. The van der Waals surface area contributed by atoms with Crippen molar-refractivity contribution in [2.45, 2.75) is 6.92 Å². The van der Waals surface area contributed by atoms with Gasteiger partial charge in [0.15, 0.2) is 6.61 Å². The van der Waals surface area contributed by atoms with Crippen LogP contribution >= 0.6 is 0 Å². The summed E-state index contributed by atoms with van der Waals surface area (Å²) >= 11 is 0. The summed E-state index contributed by atoms with van der Waals surface area (Å²) in [6, 6.07) is 6.82. The van der Waals surface area contributed by atoms with Crippen LogP contribution in [0.2, 0.25) is 0 Å². The van der Waals surface area contributed by atoms with Crippen LogP contribution in [0.15, 0.2) is 24.3 Å². The summed E-state index contributed by atoms with van der Waals surface area (Å²) in [6.07, 6.45) is 0. The van der Waals surface area contributed by atoms with Crippen LogP contribution in [0.5, 0.6) is 5.75 Å². The third-order valence-corrected chi connectivity index (χ3v) is 3.53. The molecule has 0 aliphatic heterocycles. The van der Waals surface area contributed by atoms with Crippen molar-refractivity contribution in [3.8, 4) is 5.75 Å². The van der Waals surface area contributed by atoms with Crippen LogP contribution < -0.4 is 15.8 Å². The standard InChI is InChI=1S/C12H18N2O3S/c1-2-18(16)8-7-14-12(15)9-17-11-5-3-10(13)4-6-11/h3-6H,2,7-9,13H2,1H3,(H,14,15). The fourth-order valence-corrected chi connectivity index (χ4v) is 1.83. The number of amides is 1. The van der Waals surface area contributed by atoms with Gasteiger partial charge in [0.25, 0.3) is 5.91 Å². The van der Waals surface area contributed by atoms with Crippen LogP contribution in [0.1, 0.15) is 6.92 Å². The molecule has 1 aromatic carbocycles. The van der Waals surface area contributed by atoms with Gasteiger partial charge in [-0.25, -0.2) is 0 Å². The van der Waals surface area contributed by atoms with E-state index in [0.717, 1.165) is 0 Å². The van der Waals surface area contributed by atoms with Crippen molar-refractivity contribution in [2.75, 3.05) is 30.4 Å². The molecule has 3 N–H and O–H groups in total. The Kier molecular flexibility index (Phi) is 6.21. The number of ether oxygens (including phenoxy) is 1. The maximum absolute atomic E-state index is 11.4. The van der Waals surface area contributed by atoms with Gasteiger partial charge in [0.1, 0.15) is 5.75 Å². The lowest BCUT2D eigenvalue weighted by Gasteiger charge is -2.07. The first-order valence-corrected chi connectivity index (χ1v) is 7.20. The van der Waals surface area contributed by atoms with E-state index in [2.05, 4.69) is 5.32 Å². The molecule has 1 atom stereocenters. The van der Waals surface area contributed by atoms with E-state index in [9.17, 15) is 9.00 Å². The minimum Gasteiger partial charge on any atom is -0.484 e. The van der Waals surface area contributed by atoms with E-state index in [-0.39, 0.29) is 12.5 Å². The molecule has 1 rings (SSSR count). The SMILES string of the molecule is CCS(=O)CCNC(=O)COc1ccc(N)cc1. The van der Waals surface area contributed by atoms with Crippen molar-refractivity contribution in [3.63, 3.8) is 0 Å². The highest BCUT2D eigenvalue weighted by Crippen LogP contribution is 2.12. The third-order valence-electron chi connectivity index (χ3n) is 2.22. The molecular weight excluding hydrogens is 252 g/mol. The highest BCUT2D eigenvalue weighted by molar-refractivity contribution is 7.84. The molecule has 0 heterocycles. The van der Waals surface area contributed by atoms with Gasteiger partial charge in [-0.05, 0) is 24.3 Å². The number of nitrogen functional groups attached to an aromatic ring is 1. The highest BCUT2D eigenvalue weighted by Gasteiger charge is 2.03. The Bertz CT molecular complexity index is 406. The van der Waals surface area contributed by atoms with Gasteiger partial charge < -0.3 is 15.8 Å². The van der Waals surface area contributed by atoms with E-state index in [1.807, 2.05) is 6.92 Å². The summed E-state index contributed by atoms with van der Waals surface area (Å²) < 4.78 is 16.4. The summed E-state index contributed by atoms with van der Waals surface area (Å²) in [5, 5.41) is 2.65. The number of nitrogens with two attached hydrogens (primary N) is 1. The van der Waals surface area contributed by atoms with Crippen molar-refractivity contribution in [1.82, 2.24) is 5.32 Å². The zero-order valence-corrected chi connectivity index (χ0v) is 11.2. The van der Waals surface area contributed by atoms with E-state index >= 15 is 0 Å². The normalized spacial score (nSPS) is 11.8. The summed E-state index contributed by atoms with van der Waals surface area (Å²) in [6.45, 7) is 2.20. The second-order valence-electron chi connectivity index (χ2n) is 3.64. The second-order valence-corrected chi connectivity index (χ2v) is 5.51. The summed E-state index contributed by atoms with van der Waals surface area (Å²) in [4.78, 5) is 11.4. The van der Waals surface area contributed by atoms with Gasteiger partial charge in [-0.3, -0.25) is 9.00 Å². The number of benzene rings is 1. The van der Waals surface area contributed by atoms with Crippen molar-refractivity contribution in [2.24, 2.45) is 0 Å². The summed E-state index contributed by atoms with van der Waals surface area (Å²) in [5.74, 6) is 1.46. The van der Waals surface area contributed by atoms with Crippen LogP contribution in [0, 0.1) is 0 Å². The predicted octanol–water partition coefficient (Wildman–Crippen LogP) is 0.532. The molecule has 0 saturated heterocycles. The summed E-state index contributed by atoms with van der Waals surface area (Å²) in [7, 11) is -0.855. The van der Waals surface area contributed by atoms with Crippen LogP contribution in [-0.2, 0) is 15.6 Å². The quantitative estimate of drug-likeness (QED) is 0.708. The molecule has 0 aliphatic rings. The fraction of sp³-hybridized carbons (Fsp3) is 0.417. The maximum Gasteiger partial charge on any atom is 0.257 e. The predicted molar refractivity (Wildman–Crippen MR) is 72.9 cm³/mol. The molecule has 0 aliphatic carbocycles. The average Bonchev–Trinajstić information content (AvgIpc) is 2.38. The first kappa shape index (κ1) is 14.5. The number of hydrogen-bond acceptors (Lipinski definition) is 4. The Morgan fingerprint density at radius 1 is 1.39 bits per heavy atom. The lowest BCUT2D eigenvalue weighted by atomic mass is 10.3. The van der Waals surface area contributed by atoms with Crippen molar-refractivity contribution in [3.05, 3.63) is 24.3 Å². The van der Waals surface area contributed by atoms with E-state index in [0.29, 0.717) is 29.5 Å². The molecule has 0 bridgehead atoms. The zero-order valence-electron chi connectivity index (χ0n) is 10.3. The molecule has 0 saturated carbocycles. The molecule has 5 nitrogen and oxygen atoms in total. The minimum atomic E-state index is -0.855. The summed E-state index contributed by atoms with van der Waals surface area (Å²) in [5.41, 5.74) is 6.17. The van der Waals surface area contributed by atoms with Gasteiger partial charge in [0.05, 0.1) is 0 Å². The molecule has 18 heavy (non-hydrogen) atoms. The van der Waals surface area contributed by atoms with Crippen LogP contribution in [0.25, 0.3) is 0 Å². The topological polar surface area (TPSA) is 81.4 Å². The lowest BCUT2D eigenvalue weighted by Crippen LogP contribution is -2.32. The largest absolute Gasteiger partial charge is 0.484 e. The Hall–Kier alpha value is -1.56. The van der Waals surface area contributed by atoms with Gasteiger partial charge in [0.2, 0.25) is 0 Å². The monoisotopic (exact) mass is 270 g/mol. The smallest absolute Gasteiger partial charge is 0.257 e. The van der Waals surface area contributed by atoms with Crippen molar-refractivity contribution >= 4 is 22.4 Å². The lowest BCUT2D eigenvalue weighted by molar-refractivity contribution is -0.122. The molecule has 100 valence electrons. The molecular formula is C12H18N2O3S. The number of carbonyl (C=O) groups is 1. The van der Waals surface area contributed by atoms with Gasteiger partial charge in [-0.2, -0.15) is 0 Å². The molecule has 1 unspecified atom stereocenters. The molecule has 1 amide bonds. The Balaban J connectivity index is 2.21. The number of nitrogens with one attached hydrogen (secondary N) is 1. The van der Waals surface area contributed by atoms with Crippen LogP contribution in [-0.4, -0.2) is 34.8 Å². The number of rotatable bonds is 7. The van der Waals surface area contributed by atoms with Gasteiger partial charge in [-0.15, -0.1) is 0 Å².